The summed E-state index contributed by atoms with van der Waals surface area (Å²) in [6.45, 7) is 0.844. The second-order valence-corrected chi connectivity index (χ2v) is 4.24. The lowest BCUT2D eigenvalue weighted by atomic mass is 10.1. The molecule has 1 atom stereocenters. The van der Waals surface area contributed by atoms with Gasteiger partial charge >= 0.3 is 5.97 Å². The molecule has 5 nitrogen and oxygen atoms in total. The zero-order valence-electron chi connectivity index (χ0n) is 10.5. The Balaban J connectivity index is 2.29. The topological polar surface area (TPSA) is 104 Å². The first-order valence-corrected chi connectivity index (χ1v) is 6.10. The van der Waals surface area contributed by atoms with Crippen molar-refractivity contribution >= 4 is 11.7 Å². The predicted octanol–water partition coefficient (Wildman–Crippen LogP) is 0.768. The van der Waals surface area contributed by atoms with Crippen molar-refractivity contribution in [2.75, 3.05) is 12.3 Å². The molecule has 1 rings (SSSR count). The van der Waals surface area contributed by atoms with Crippen LogP contribution < -0.4 is 17.2 Å². The van der Waals surface area contributed by atoms with E-state index in [0.29, 0.717) is 18.7 Å². The van der Waals surface area contributed by atoms with E-state index in [0.717, 1.165) is 18.4 Å². The van der Waals surface area contributed by atoms with Crippen LogP contribution >= 0.6 is 0 Å². The number of carbonyl (C=O) groups excluding carboxylic acids is 1. The number of rotatable bonds is 7. The Morgan fingerprint density at radius 3 is 2.50 bits per heavy atom. The lowest BCUT2D eigenvalue weighted by Crippen LogP contribution is -2.32. The monoisotopic (exact) mass is 251 g/mol. The molecule has 0 spiro atoms. The Morgan fingerprint density at radius 2 is 1.89 bits per heavy atom. The highest BCUT2D eigenvalue weighted by Crippen LogP contribution is 2.08. The zero-order chi connectivity index (χ0) is 13.4. The molecule has 0 radical (unpaired) electrons. The summed E-state index contributed by atoms with van der Waals surface area (Å²) in [7, 11) is 0. The van der Waals surface area contributed by atoms with Crippen molar-refractivity contribution in [2.24, 2.45) is 11.5 Å². The van der Waals surface area contributed by atoms with Gasteiger partial charge in [-0.25, -0.2) is 0 Å². The third kappa shape index (κ3) is 5.16. The van der Waals surface area contributed by atoms with Gasteiger partial charge in [-0.05, 0) is 37.1 Å². The predicted molar refractivity (Wildman–Crippen MR) is 71.5 cm³/mol. The first-order chi connectivity index (χ1) is 8.63. The number of unbranched alkanes of at least 4 members (excludes halogenated alkanes) is 1. The van der Waals surface area contributed by atoms with E-state index in [1.807, 2.05) is 12.1 Å². The summed E-state index contributed by atoms with van der Waals surface area (Å²) in [6.07, 6.45) is 2.32. The number of nitrogen functional groups attached to an aromatic ring is 1. The molecule has 0 aliphatic rings. The molecular weight excluding hydrogens is 230 g/mol. The average Bonchev–Trinajstić information content (AvgIpc) is 2.38. The Labute approximate surface area is 107 Å². The van der Waals surface area contributed by atoms with E-state index in [2.05, 4.69) is 0 Å². The molecule has 6 N–H and O–H groups in total. The first-order valence-electron chi connectivity index (χ1n) is 6.10. The van der Waals surface area contributed by atoms with Crippen LogP contribution in [0, 0.1) is 0 Å². The molecule has 0 saturated heterocycles. The van der Waals surface area contributed by atoms with Crippen LogP contribution in [0.3, 0.4) is 0 Å². The zero-order valence-corrected chi connectivity index (χ0v) is 10.5. The van der Waals surface area contributed by atoms with E-state index >= 15 is 0 Å². The Hall–Kier alpha value is -1.59. The van der Waals surface area contributed by atoms with Gasteiger partial charge in [0.15, 0.2) is 0 Å². The van der Waals surface area contributed by atoms with E-state index in [1.165, 1.54) is 0 Å². The Morgan fingerprint density at radius 1 is 1.22 bits per heavy atom. The van der Waals surface area contributed by atoms with Crippen LogP contribution in [0.5, 0.6) is 0 Å². The molecule has 0 aromatic heterocycles. The largest absolute Gasteiger partial charge is 0.460 e. The van der Waals surface area contributed by atoms with E-state index in [-0.39, 0.29) is 12.6 Å². The molecule has 0 aliphatic heterocycles. The minimum Gasteiger partial charge on any atom is -0.460 e. The number of benzene rings is 1. The minimum atomic E-state index is -0.565. The summed E-state index contributed by atoms with van der Waals surface area (Å²) >= 11 is 0. The van der Waals surface area contributed by atoms with Gasteiger partial charge in [-0.3, -0.25) is 4.79 Å². The van der Waals surface area contributed by atoms with Crippen molar-refractivity contribution in [3.05, 3.63) is 29.8 Å². The van der Waals surface area contributed by atoms with Gasteiger partial charge in [-0.2, -0.15) is 0 Å². The van der Waals surface area contributed by atoms with Gasteiger partial charge in [-0.15, -0.1) is 0 Å². The molecular formula is C13H21N3O2. The lowest BCUT2D eigenvalue weighted by molar-refractivity contribution is -0.146. The Kier molecular flexibility index (Phi) is 6.18. The number of hydrogen-bond donors (Lipinski definition) is 3. The summed E-state index contributed by atoms with van der Waals surface area (Å²) in [6, 6.07) is 6.62. The van der Waals surface area contributed by atoms with Gasteiger partial charge in [0.1, 0.15) is 12.6 Å². The summed E-state index contributed by atoms with van der Waals surface area (Å²) < 4.78 is 5.12. The molecule has 1 aromatic carbocycles. The molecule has 0 amide bonds. The van der Waals surface area contributed by atoms with Crippen LogP contribution in [0.1, 0.15) is 24.8 Å². The second kappa shape index (κ2) is 7.68. The fourth-order valence-electron chi connectivity index (χ4n) is 1.50. The molecule has 5 heteroatoms. The number of nitrogens with two attached hydrogens (primary N) is 3. The normalized spacial score (nSPS) is 12.1. The molecule has 0 fully saturated rings. The van der Waals surface area contributed by atoms with Gasteiger partial charge in [0.25, 0.3) is 0 Å². The average molecular weight is 251 g/mol. The molecule has 0 saturated carbocycles. The fraction of sp³-hybridized carbons (Fsp3) is 0.462. The summed E-state index contributed by atoms with van der Waals surface area (Å²) in [5.74, 6) is -0.371. The molecule has 0 aliphatic carbocycles. The quantitative estimate of drug-likeness (QED) is 0.377. The summed E-state index contributed by atoms with van der Waals surface area (Å²) in [5.41, 5.74) is 18.2. The second-order valence-electron chi connectivity index (χ2n) is 4.24. The lowest BCUT2D eigenvalue weighted by Gasteiger charge is -2.11. The molecule has 0 heterocycles. The number of ether oxygens (including phenoxy) is 1. The van der Waals surface area contributed by atoms with Crippen molar-refractivity contribution in [2.45, 2.75) is 31.9 Å². The third-order valence-electron chi connectivity index (χ3n) is 2.63. The highest BCUT2D eigenvalue weighted by atomic mass is 16.5. The molecule has 18 heavy (non-hydrogen) atoms. The van der Waals surface area contributed by atoms with Gasteiger partial charge in [-0.1, -0.05) is 18.6 Å². The van der Waals surface area contributed by atoms with Crippen molar-refractivity contribution in [3.63, 3.8) is 0 Å². The van der Waals surface area contributed by atoms with Gasteiger partial charge < -0.3 is 21.9 Å². The maximum atomic E-state index is 11.6. The van der Waals surface area contributed by atoms with Crippen molar-refractivity contribution in [3.8, 4) is 0 Å². The van der Waals surface area contributed by atoms with Crippen LogP contribution in [0.4, 0.5) is 5.69 Å². The maximum absolute atomic E-state index is 11.6. The van der Waals surface area contributed by atoms with E-state index in [4.69, 9.17) is 21.9 Å². The SMILES string of the molecule is NCCCC[C@H](N)C(=O)OCc1ccc(N)cc1. The molecule has 1 aromatic rings. The van der Waals surface area contributed by atoms with Crippen LogP contribution in [0.25, 0.3) is 0 Å². The smallest absolute Gasteiger partial charge is 0.323 e. The number of anilines is 1. The summed E-state index contributed by atoms with van der Waals surface area (Å²) in [4.78, 5) is 11.6. The highest BCUT2D eigenvalue weighted by molar-refractivity contribution is 5.75. The maximum Gasteiger partial charge on any atom is 0.323 e. The van der Waals surface area contributed by atoms with Crippen molar-refractivity contribution < 1.29 is 9.53 Å². The van der Waals surface area contributed by atoms with E-state index in [9.17, 15) is 4.79 Å². The summed E-state index contributed by atoms with van der Waals surface area (Å²) in [5, 5.41) is 0. The van der Waals surface area contributed by atoms with Crippen LogP contribution in [-0.4, -0.2) is 18.6 Å². The van der Waals surface area contributed by atoms with Crippen LogP contribution in [0.15, 0.2) is 24.3 Å². The third-order valence-corrected chi connectivity index (χ3v) is 2.63. The van der Waals surface area contributed by atoms with Crippen LogP contribution in [-0.2, 0) is 16.1 Å². The number of esters is 1. The van der Waals surface area contributed by atoms with E-state index < -0.39 is 6.04 Å². The number of hydrogen-bond acceptors (Lipinski definition) is 5. The van der Waals surface area contributed by atoms with E-state index in [1.54, 1.807) is 12.1 Å². The van der Waals surface area contributed by atoms with Gasteiger partial charge in [0.2, 0.25) is 0 Å². The van der Waals surface area contributed by atoms with Gasteiger partial charge in [0, 0.05) is 5.69 Å². The molecule has 0 bridgehead atoms. The fourth-order valence-corrected chi connectivity index (χ4v) is 1.50. The van der Waals surface area contributed by atoms with Crippen molar-refractivity contribution in [1.29, 1.82) is 0 Å². The Bertz CT molecular complexity index is 365. The highest BCUT2D eigenvalue weighted by Gasteiger charge is 2.14. The molecule has 100 valence electrons. The standard InChI is InChI=1S/C13H21N3O2/c14-8-2-1-3-12(16)13(17)18-9-10-4-6-11(15)7-5-10/h4-7,12H,1-3,8-9,14-16H2/t12-/m0/s1. The first kappa shape index (κ1) is 14.5. The van der Waals surface area contributed by atoms with Crippen LogP contribution in [0.2, 0.25) is 0 Å². The number of carbonyl (C=O) groups is 1. The minimum absolute atomic E-state index is 0.226. The van der Waals surface area contributed by atoms with Crippen molar-refractivity contribution in [1.82, 2.24) is 0 Å². The molecule has 0 unspecified atom stereocenters. The van der Waals surface area contributed by atoms with Gasteiger partial charge in [0.05, 0.1) is 0 Å².